The fourth-order valence-corrected chi connectivity index (χ4v) is 9.80. The maximum Gasteiger partial charge on any atom is 0.417 e. The molecule has 2 aliphatic carbocycles. The first-order chi connectivity index (χ1) is 25.6. The number of allylic oxidation sites excluding steroid dienone is 2. The number of hydrogen-bond donors (Lipinski definition) is 2. The average Bonchev–Trinajstić information content (AvgIpc) is 3.51. The number of nitrogens with one attached hydrogen (secondary N) is 1. The van der Waals surface area contributed by atoms with Crippen LogP contribution in [0.25, 0.3) is 0 Å². The van der Waals surface area contributed by atoms with E-state index in [0.717, 1.165) is 3.57 Å². The molecule has 2 aliphatic heterocycles. The first-order valence-corrected chi connectivity index (χ1v) is 19.2. The molecule has 2 N–H and O–H groups in total. The van der Waals surface area contributed by atoms with E-state index < -0.39 is 69.5 Å². The summed E-state index contributed by atoms with van der Waals surface area (Å²) in [5, 5.41) is 12.1. The van der Waals surface area contributed by atoms with Gasteiger partial charge in [-0.3, -0.25) is 29.5 Å². The van der Waals surface area contributed by atoms with Crippen LogP contribution in [0, 0.1) is 27.2 Å². The van der Waals surface area contributed by atoms with Crippen molar-refractivity contribution in [3.63, 3.8) is 0 Å². The van der Waals surface area contributed by atoms with Gasteiger partial charge < -0.3 is 5.11 Å². The molecule has 4 aromatic rings. The van der Waals surface area contributed by atoms with Crippen LogP contribution in [0.3, 0.4) is 0 Å². The van der Waals surface area contributed by atoms with Crippen LogP contribution in [-0.4, -0.2) is 38.7 Å². The van der Waals surface area contributed by atoms with Crippen molar-refractivity contribution in [1.29, 1.82) is 0 Å². The van der Waals surface area contributed by atoms with Gasteiger partial charge in [0.1, 0.15) is 5.75 Å². The molecule has 0 radical (unpaired) electrons. The number of halogens is 7. The summed E-state index contributed by atoms with van der Waals surface area (Å²) >= 11 is 18.2. The molecule has 6 atom stereocenters. The second-order valence-electron chi connectivity index (χ2n) is 13.6. The van der Waals surface area contributed by atoms with Crippen molar-refractivity contribution in [3.05, 3.63) is 125 Å². The smallest absolute Gasteiger partial charge is 0.417 e. The zero-order valence-corrected chi connectivity index (χ0v) is 32.7. The van der Waals surface area contributed by atoms with Crippen molar-refractivity contribution < 1.29 is 37.5 Å². The van der Waals surface area contributed by atoms with Gasteiger partial charge in [-0.05, 0) is 108 Å². The number of carbonyl (C=O) groups excluding carboxylic acids is 4. The summed E-state index contributed by atoms with van der Waals surface area (Å²) < 4.78 is 41.9. The van der Waals surface area contributed by atoms with E-state index in [1.165, 1.54) is 11.0 Å². The number of phenolic OH excluding ortho intramolecular Hbond substituents is 1. The van der Waals surface area contributed by atoms with E-state index in [2.05, 4.69) is 48.9 Å². The summed E-state index contributed by atoms with van der Waals surface area (Å²) in [6.45, 7) is 0. The molecular weight excluding hydrogens is 927 g/mol. The fraction of sp³-hybridized carbons (Fsp3) is 0.237. The molecule has 3 heterocycles. The van der Waals surface area contributed by atoms with Gasteiger partial charge >= 0.3 is 6.18 Å². The molecule has 6 unspecified atom stereocenters. The predicted molar refractivity (Wildman–Crippen MR) is 204 cm³/mol. The van der Waals surface area contributed by atoms with Crippen molar-refractivity contribution >= 4 is 96.9 Å². The number of pyridine rings is 1. The molecule has 16 heteroatoms. The maximum atomic E-state index is 15.3. The highest BCUT2D eigenvalue weighted by Gasteiger charge is 2.70. The van der Waals surface area contributed by atoms with E-state index in [0.29, 0.717) is 43.6 Å². The fourth-order valence-electron chi connectivity index (χ4n) is 8.73. The van der Waals surface area contributed by atoms with Crippen molar-refractivity contribution in [3.8, 4) is 5.75 Å². The number of phenols is 1. The Kier molecular flexibility index (Phi) is 9.13. The second-order valence-corrected chi connectivity index (χ2v) is 16.6. The Balaban J connectivity index is 1.32. The quantitative estimate of drug-likeness (QED) is 0.117. The normalized spacial score (nSPS) is 26.4. The highest BCUT2D eigenvalue weighted by Crippen LogP contribution is 2.65. The van der Waals surface area contributed by atoms with E-state index in [4.69, 9.17) is 23.2 Å². The molecule has 2 saturated heterocycles. The highest BCUT2D eigenvalue weighted by atomic mass is 127. The molecule has 0 bridgehead atoms. The summed E-state index contributed by atoms with van der Waals surface area (Å²) in [6, 6.07) is 18.7. The lowest BCUT2D eigenvalue weighted by Gasteiger charge is -2.50. The van der Waals surface area contributed by atoms with Gasteiger partial charge in [-0.2, -0.15) is 18.2 Å². The first kappa shape index (κ1) is 37.0. The van der Waals surface area contributed by atoms with Gasteiger partial charge in [0.05, 0.1) is 39.4 Å². The number of alkyl halides is 3. The van der Waals surface area contributed by atoms with E-state index in [1.54, 1.807) is 60.7 Å². The maximum absolute atomic E-state index is 15.3. The number of carbonyl (C=O) groups is 4. The summed E-state index contributed by atoms with van der Waals surface area (Å²) in [6.07, 6.45) is -2.28. The Morgan fingerprint density at radius 3 is 2.30 bits per heavy atom. The van der Waals surface area contributed by atoms with Crippen LogP contribution >= 0.6 is 61.7 Å². The molecule has 1 aromatic heterocycles. The molecule has 8 rings (SSSR count). The van der Waals surface area contributed by atoms with Crippen LogP contribution in [0.1, 0.15) is 35.4 Å². The van der Waals surface area contributed by atoms with Gasteiger partial charge in [-0.15, -0.1) is 0 Å². The van der Waals surface area contributed by atoms with Gasteiger partial charge in [0, 0.05) is 30.7 Å². The molecule has 0 spiro atoms. The van der Waals surface area contributed by atoms with E-state index in [9.17, 15) is 32.7 Å². The third kappa shape index (κ3) is 5.65. The SMILES string of the molecule is O=C1C2CC3C(=CCC4C(=O)N(c5ccc(I)cc5)C(=O)C43)C(c3cc(Br)ccc3O)C2(c2ccc(Cl)cc2)C(=O)N1Nc1ncc(C(F)(F)F)cc1Cl. The number of anilines is 2. The van der Waals surface area contributed by atoms with Crippen molar-refractivity contribution in [2.24, 2.45) is 23.7 Å². The van der Waals surface area contributed by atoms with Crippen LogP contribution in [0.2, 0.25) is 10.0 Å². The molecule has 3 fully saturated rings. The minimum atomic E-state index is -4.75. The second kappa shape index (κ2) is 13.3. The van der Waals surface area contributed by atoms with Gasteiger partial charge in [-0.1, -0.05) is 62.9 Å². The van der Waals surface area contributed by atoms with Crippen molar-refractivity contribution in [2.75, 3.05) is 10.3 Å². The van der Waals surface area contributed by atoms with E-state index in [-0.39, 0.29) is 35.9 Å². The lowest BCUT2D eigenvalue weighted by molar-refractivity contribution is -0.139. The molecule has 1 saturated carbocycles. The molecular formula is C38H25BrCl2F3IN4O5. The van der Waals surface area contributed by atoms with E-state index >= 15 is 4.79 Å². The van der Waals surface area contributed by atoms with Gasteiger partial charge in [-0.25, -0.2) is 4.98 Å². The molecule has 3 aromatic carbocycles. The molecule has 4 amide bonds. The zero-order chi connectivity index (χ0) is 38.4. The Labute approximate surface area is 337 Å². The topological polar surface area (TPSA) is 120 Å². The number of amides is 4. The first-order valence-electron chi connectivity index (χ1n) is 16.6. The van der Waals surface area contributed by atoms with Crippen LogP contribution < -0.4 is 10.3 Å². The number of aromatic nitrogens is 1. The Hall–Kier alpha value is -3.99. The number of nitrogens with zero attached hydrogens (tertiary/aromatic N) is 3. The lowest BCUT2D eigenvalue weighted by Crippen LogP contribution is -2.53. The van der Waals surface area contributed by atoms with Crippen molar-refractivity contribution in [2.45, 2.75) is 30.4 Å². The number of benzene rings is 3. The molecule has 276 valence electrons. The van der Waals surface area contributed by atoms with Crippen LogP contribution in [-0.2, 0) is 30.8 Å². The molecule has 4 aliphatic rings. The van der Waals surface area contributed by atoms with Gasteiger partial charge in [0.2, 0.25) is 11.8 Å². The zero-order valence-electron chi connectivity index (χ0n) is 27.5. The summed E-state index contributed by atoms with van der Waals surface area (Å²) in [5.74, 6) is -7.60. The van der Waals surface area contributed by atoms with Crippen LogP contribution in [0.5, 0.6) is 5.75 Å². The largest absolute Gasteiger partial charge is 0.508 e. The number of hydrogen-bond acceptors (Lipinski definition) is 7. The Bertz CT molecular complexity index is 2310. The third-order valence-electron chi connectivity index (χ3n) is 10.9. The van der Waals surface area contributed by atoms with Gasteiger partial charge in [0.15, 0.2) is 5.82 Å². The number of imide groups is 2. The average molecular weight is 952 g/mol. The number of aromatic hydroxyl groups is 1. The highest BCUT2D eigenvalue weighted by molar-refractivity contribution is 14.1. The van der Waals surface area contributed by atoms with Crippen LogP contribution in [0.4, 0.5) is 24.7 Å². The third-order valence-corrected chi connectivity index (χ3v) is 12.7. The van der Waals surface area contributed by atoms with Gasteiger partial charge in [0.25, 0.3) is 11.8 Å². The van der Waals surface area contributed by atoms with Crippen molar-refractivity contribution in [1.82, 2.24) is 9.99 Å². The molecule has 54 heavy (non-hydrogen) atoms. The van der Waals surface area contributed by atoms with Crippen LogP contribution in [0.15, 0.2) is 95.1 Å². The number of hydrazine groups is 1. The molecule has 9 nitrogen and oxygen atoms in total. The minimum Gasteiger partial charge on any atom is -0.508 e. The Morgan fingerprint density at radius 2 is 1.63 bits per heavy atom. The number of rotatable bonds is 5. The monoisotopic (exact) mass is 950 g/mol. The summed E-state index contributed by atoms with van der Waals surface area (Å²) in [5.41, 5.74) is 1.33. The summed E-state index contributed by atoms with van der Waals surface area (Å²) in [4.78, 5) is 63.5. The predicted octanol–water partition coefficient (Wildman–Crippen LogP) is 8.67. The Morgan fingerprint density at radius 1 is 0.926 bits per heavy atom. The standard InChI is InChI=1S/C38H25BrCl2F3IN4O5/c39-19-3-12-29(50)26(14-19)31-23-10-11-24-30(35(53)48(33(24)51)22-8-6-21(45)7-9-22)25(23)15-27-34(52)49(36(54)37(27,31)17-1-4-20(40)5-2-17)47-32-28(41)13-18(16-46-32)38(42,43)44/h1-10,12-14,16,24-25,27,30-31,50H,11,15H2,(H,46,47). The number of fused-ring (bicyclic) bond motifs is 4. The summed E-state index contributed by atoms with van der Waals surface area (Å²) in [7, 11) is 0. The minimum absolute atomic E-state index is 0.0582. The lowest BCUT2D eigenvalue weighted by atomic mass is 9.49. The van der Waals surface area contributed by atoms with E-state index in [1.807, 2.05) is 6.08 Å².